The van der Waals surface area contributed by atoms with Gasteiger partial charge >= 0.3 is 5.97 Å². The summed E-state index contributed by atoms with van der Waals surface area (Å²) in [4.78, 5) is 11.7. The largest absolute Gasteiger partial charge is 0.466 e. The molecule has 0 aliphatic carbocycles. The predicted molar refractivity (Wildman–Crippen MR) is 82.3 cm³/mol. The summed E-state index contributed by atoms with van der Waals surface area (Å²) in [6, 6.07) is 10.2. The van der Waals surface area contributed by atoms with Crippen LogP contribution in [0.2, 0.25) is 0 Å². The highest BCUT2D eigenvalue weighted by atomic mass is 16.5. The summed E-state index contributed by atoms with van der Waals surface area (Å²) in [5, 5.41) is 0. The maximum absolute atomic E-state index is 11.7. The first-order valence-corrected chi connectivity index (χ1v) is 7.51. The number of benzene rings is 1. The maximum atomic E-state index is 11.7. The Balaban J connectivity index is 2.16. The zero-order valence-corrected chi connectivity index (χ0v) is 12.7. The third-order valence-corrected chi connectivity index (χ3v) is 3.31. The van der Waals surface area contributed by atoms with Crippen LogP contribution < -0.4 is 5.73 Å². The maximum Gasteiger partial charge on any atom is 0.306 e. The summed E-state index contributed by atoms with van der Waals surface area (Å²) < 4.78 is 5.28. The van der Waals surface area contributed by atoms with Gasteiger partial charge < -0.3 is 10.5 Å². The van der Waals surface area contributed by atoms with Crippen molar-refractivity contribution in [2.75, 3.05) is 13.2 Å². The van der Waals surface area contributed by atoms with Crippen molar-refractivity contribution in [3.05, 3.63) is 35.9 Å². The number of hydrogen-bond acceptors (Lipinski definition) is 3. The van der Waals surface area contributed by atoms with Crippen LogP contribution >= 0.6 is 0 Å². The molecule has 0 bridgehead atoms. The zero-order chi connectivity index (χ0) is 14.8. The molecule has 0 spiro atoms. The van der Waals surface area contributed by atoms with E-state index in [2.05, 4.69) is 26.0 Å². The summed E-state index contributed by atoms with van der Waals surface area (Å²) in [7, 11) is 0. The van der Waals surface area contributed by atoms with E-state index < -0.39 is 0 Å². The summed E-state index contributed by atoms with van der Waals surface area (Å²) in [5.41, 5.74) is 6.97. The molecule has 1 rings (SSSR count). The van der Waals surface area contributed by atoms with Gasteiger partial charge in [0.25, 0.3) is 0 Å². The van der Waals surface area contributed by atoms with E-state index in [9.17, 15) is 4.79 Å². The highest BCUT2D eigenvalue weighted by molar-refractivity contribution is 5.69. The molecule has 3 nitrogen and oxygen atoms in total. The standard InChI is InChI=1S/C17H27NO2/c1-14(2)11-16(13-18)12-17(19)20-10-6-9-15-7-4-3-5-8-15/h3-5,7-8,14,16H,6,9-13,18H2,1-2H3/t16-/m0/s1. The lowest BCUT2D eigenvalue weighted by Gasteiger charge is -2.16. The Kier molecular flexibility index (Phi) is 7.97. The monoisotopic (exact) mass is 277 g/mol. The topological polar surface area (TPSA) is 52.3 Å². The van der Waals surface area contributed by atoms with E-state index in [1.165, 1.54) is 5.56 Å². The second kappa shape index (κ2) is 9.54. The summed E-state index contributed by atoms with van der Waals surface area (Å²) in [6.45, 7) is 5.34. The van der Waals surface area contributed by atoms with Crippen LogP contribution in [0.15, 0.2) is 30.3 Å². The Morgan fingerprint density at radius 2 is 1.95 bits per heavy atom. The molecule has 0 aliphatic rings. The Morgan fingerprint density at radius 1 is 1.25 bits per heavy atom. The number of carbonyl (C=O) groups excluding carboxylic acids is 1. The number of rotatable bonds is 9. The van der Waals surface area contributed by atoms with Gasteiger partial charge in [0.15, 0.2) is 0 Å². The third kappa shape index (κ3) is 7.29. The van der Waals surface area contributed by atoms with Crippen molar-refractivity contribution < 1.29 is 9.53 Å². The second-order valence-electron chi connectivity index (χ2n) is 5.75. The van der Waals surface area contributed by atoms with E-state index in [4.69, 9.17) is 10.5 Å². The molecule has 0 unspecified atom stereocenters. The fourth-order valence-corrected chi connectivity index (χ4v) is 2.33. The van der Waals surface area contributed by atoms with Crippen molar-refractivity contribution in [2.45, 2.75) is 39.5 Å². The molecule has 1 atom stereocenters. The Labute approximate surface area is 122 Å². The third-order valence-electron chi connectivity index (χ3n) is 3.31. The van der Waals surface area contributed by atoms with Gasteiger partial charge in [0.05, 0.1) is 6.61 Å². The Morgan fingerprint density at radius 3 is 2.55 bits per heavy atom. The molecular weight excluding hydrogens is 250 g/mol. The van der Waals surface area contributed by atoms with Gasteiger partial charge in [0.2, 0.25) is 0 Å². The average Bonchev–Trinajstić information content (AvgIpc) is 2.43. The number of aryl methyl sites for hydroxylation is 1. The Bertz CT molecular complexity index is 376. The van der Waals surface area contributed by atoms with E-state index in [0.29, 0.717) is 25.5 Å². The quantitative estimate of drug-likeness (QED) is 0.557. The number of ether oxygens (including phenoxy) is 1. The van der Waals surface area contributed by atoms with Crippen LogP contribution in [0.3, 0.4) is 0 Å². The van der Waals surface area contributed by atoms with Gasteiger partial charge in [-0.3, -0.25) is 4.79 Å². The van der Waals surface area contributed by atoms with Crippen LogP contribution in [-0.2, 0) is 16.0 Å². The fourth-order valence-electron chi connectivity index (χ4n) is 2.33. The number of nitrogens with two attached hydrogens (primary N) is 1. The zero-order valence-electron chi connectivity index (χ0n) is 12.7. The second-order valence-corrected chi connectivity index (χ2v) is 5.75. The molecule has 2 N–H and O–H groups in total. The summed E-state index contributed by atoms with van der Waals surface area (Å²) >= 11 is 0. The lowest BCUT2D eigenvalue weighted by atomic mass is 9.94. The van der Waals surface area contributed by atoms with Gasteiger partial charge in [-0.05, 0) is 43.2 Å². The van der Waals surface area contributed by atoms with Gasteiger partial charge in [-0.1, -0.05) is 44.2 Å². The lowest BCUT2D eigenvalue weighted by Crippen LogP contribution is -2.21. The van der Waals surface area contributed by atoms with E-state index in [-0.39, 0.29) is 11.9 Å². The molecular formula is C17H27NO2. The van der Waals surface area contributed by atoms with Crippen LogP contribution in [0.5, 0.6) is 0 Å². The minimum Gasteiger partial charge on any atom is -0.466 e. The van der Waals surface area contributed by atoms with Crippen molar-refractivity contribution in [3.8, 4) is 0 Å². The summed E-state index contributed by atoms with van der Waals surface area (Å²) in [5.74, 6) is 0.695. The van der Waals surface area contributed by atoms with Crippen molar-refractivity contribution in [3.63, 3.8) is 0 Å². The lowest BCUT2D eigenvalue weighted by molar-refractivity contribution is -0.144. The molecule has 3 heteroatoms. The van der Waals surface area contributed by atoms with Crippen LogP contribution in [-0.4, -0.2) is 19.1 Å². The highest BCUT2D eigenvalue weighted by Gasteiger charge is 2.14. The van der Waals surface area contributed by atoms with Gasteiger partial charge in [0, 0.05) is 6.42 Å². The van der Waals surface area contributed by atoms with Crippen LogP contribution in [0.4, 0.5) is 0 Å². The number of hydrogen-bond donors (Lipinski definition) is 1. The van der Waals surface area contributed by atoms with E-state index in [1.54, 1.807) is 0 Å². The predicted octanol–water partition coefficient (Wildman–Crippen LogP) is 3.17. The molecule has 0 saturated carbocycles. The van der Waals surface area contributed by atoms with Gasteiger partial charge in [0.1, 0.15) is 0 Å². The molecule has 112 valence electrons. The van der Waals surface area contributed by atoms with E-state index in [0.717, 1.165) is 19.3 Å². The van der Waals surface area contributed by atoms with Crippen LogP contribution in [0, 0.1) is 11.8 Å². The molecule has 0 aromatic heterocycles. The first-order valence-electron chi connectivity index (χ1n) is 7.51. The molecule has 20 heavy (non-hydrogen) atoms. The first-order chi connectivity index (χ1) is 9.61. The molecule has 0 radical (unpaired) electrons. The van der Waals surface area contributed by atoms with Gasteiger partial charge in [-0.25, -0.2) is 0 Å². The van der Waals surface area contributed by atoms with Crippen molar-refractivity contribution in [1.29, 1.82) is 0 Å². The molecule has 1 aromatic carbocycles. The highest BCUT2D eigenvalue weighted by Crippen LogP contribution is 2.15. The molecule has 0 fully saturated rings. The van der Waals surface area contributed by atoms with Crippen LogP contribution in [0.1, 0.15) is 38.7 Å². The minimum absolute atomic E-state index is 0.117. The molecule has 1 aromatic rings. The Hall–Kier alpha value is -1.35. The van der Waals surface area contributed by atoms with E-state index >= 15 is 0 Å². The normalized spacial score (nSPS) is 12.4. The van der Waals surface area contributed by atoms with Crippen molar-refractivity contribution in [2.24, 2.45) is 17.6 Å². The smallest absolute Gasteiger partial charge is 0.306 e. The molecule has 0 saturated heterocycles. The van der Waals surface area contributed by atoms with Crippen molar-refractivity contribution in [1.82, 2.24) is 0 Å². The van der Waals surface area contributed by atoms with Gasteiger partial charge in [-0.2, -0.15) is 0 Å². The number of carbonyl (C=O) groups is 1. The molecule has 0 amide bonds. The van der Waals surface area contributed by atoms with Gasteiger partial charge in [-0.15, -0.1) is 0 Å². The van der Waals surface area contributed by atoms with Crippen LogP contribution in [0.25, 0.3) is 0 Å². The van der Waals surface area contributed by atoms with Crippen molar-refractivity contribution >= 4 is 5.97 Å². The molecule has 0 heterocycles. The minimum atomic E-state index is -0.117. The summed E-state index contributed by atoms with van der Waals surface area (Å²) in [6.07, 6.45) is 3.24. The average molecular weight is 277 g/mol. The van der Waals surface area contributed by atoms with E-state index in [1.807, 2.05) is 18.2 Å². The number of esters is 1. The first kappa shape index (κ1) is 16.7. The molecule has 0 aliphatic heterocycles. The SMILES string of the molecule is CC(C)C[C@H](CN)CC(=O)OCCCc1ccccc1. The fraction of sp³-hybridized carbons (Fsp3) is 0.588.